The molecular formula is C8H4F12N2O6S2. The Bertz CT molecular complexity index is 808. The van der Waals surface area contributed by atoms with Gasteiger partial charge >= 0.3 is 55.2 Å². The monoisotopic (exact) mass is 516 g/mol. The van der Waals surface area contributed by atoms with Crippen LogP contribution < -0.4 is 0 Å². The second kappa shape index (κ2) is 7.92. The molecule has 0 heterocycles. The van der Waals surface area contributed by atoms with Crippen LogP contribution in [-0.2, 0) is 29.6 Å². The standard InChI is InChI=1S/C8H4F12N2O6S2/c9-5(10,11)1-21(29(25,26)7(15,16)17)3(23)4(24)22(2-6(12,13)14)30(27,28)8(18,19)20/h1-2H2. The summed E-state index contributed by atoms with van der Waals surface area (Å²) in [6, 6.07) is 0. The van der Waals surface area contributed by atoms with Crippen LogP contribution in [0.15, 0.2) is 0 Å². The van der Waals surface area contributed by atoms with Crippen LogP contribution in [0.25, 0.3) is 0 Å². The molecule has 0 aromatic carbocycles. The van der Waals surface area contributed by atoms with E-state index in [1.807, 2.05) is 0 Å². The van der Waals surface area contributed by atoms with Crippen molar-refractivity contribution in [1.82, 2.24) is 8.61 Å². The number of amides is 2. The summed E-state index contributed by atoms with van der Waals surface area (Å²) >= 11 is 0. The van der Waals surface area contributed by atoms with Crippen molar-refractivity contribution in [2.45, 2.75) is 23.4 Å². The SMILES string of the molecule is O=C(C(=O)N(CC(F)(F)F)S(=O)(=O)C(F)(F)F)N(CC(F)(F)F)S(=O)(=O)C(F)(F)F. The highest BCUT2D eigenvalue weighted by molar-refractivity contribution is 7.91. The number of carbonyl (C=O) groups is 2. The van der Waals surface area contributed by atoms with Gasteiger partial charge in [0.2, 0.25) is 0 Å². The molecule has 0 saturated heterocycles. The number of sulfonamides is 2. The van der Waals surface area contributed by atoms with Crippen LogP contribution in [0.3, 0.4) is 0 Å². The second-order valence-electron chi connectivity index (χ2n) is 4.76. The van der Waals surface area contributed by atoms with Gasteiger partial charge in [-0.05, 0) is 0 Å². The highest BCUT2D eigenvalue weighted by atomic mass is 32.2. The van der Waals surface area contributed by atoms with E-state index in [2.05, 4.69) is 0 Å². The van der Waals surface area contributed by atoms with E-state index in [1.165, 1.54) is 0 Å². The van der Waals surface area contributed by atoms with E-state index < -0.39 is 76.9 Å². The van der Waals surface area contributed by atoms with Gasteiger partial charge in [0.05, 0.1) is 0 Å². The molecule has 0 bridgehead atoms. The summed E-state index contributed by atoms with van der Waals surface area (Å²) < 4.78 is 188. The minimum Gasteiger partial charge on any atom is -0.262 e. The molecule has 0 spiro atoms. The molecular weight excluding hydrogens is 512 g/mol. The number of hydrogen-bond acceptors (Lipinski definition) is 6. The summed E-state index contributed by atoms with van der Waals surface area (Å²) in [7, 11) is -15.0. The summed E-state index contributed by atoms with van der Waals surface area (Å²) in [5.74, 6) is -7.61. The second-order valence-corrected chi connectivity index (χ2v) is 8.46. The van der Waals surface area contributed by atoms with Crippen LogP contribution in [0.1, 0.15) is 0 Å². The Hall–Kier alpha value is -2.00. The van der Waals surface area contributed by atoms with Gasteiger partial charge in [-0.2, -0.15) is 69.5 Å². The number of carbonyl (C=O) groups excluding carboxylic acids is 2. The van der Waals surface area contributed by atoms with E-state index in [4.69, 9.17) is 0 Å². The molecule has 0 rings (SSSR count). The van der Waals surface area contributed by atoms with Gasteiger partial charge in [-0.25, -0.2) is 8.61 Å². The molecule has 0 fully saturated rings. The summed E-state index contributed by atoms with van der Waals surface area (Å²) in [6.07, 6.45) is -12.2. The highest BCUT2D eigenvalue weighted by Crippen LogP contribution is 2.33. The lowest BCUT2D eigenvalue weighted by molar-refractivity contribution is -0.166. The van der Waals surface area contributed by atoms with Crippen molar-refractivity contribution in [2.24, 2.45) is 0 Å². The van der Waals surface area contributed by atoms with Crippen LogP contribution in [-0.4, -0.2) is 73.7 Å². The van der Waals surface area contributed by atoms with E-state index in [-0.39, 0.29) is 0 Å². The molecule has 0 radical (unpaired) electrons. The first kappa shape index (κ1) is 28.0. The van der Waals surface area contributed by atoms with Gasteiger partial charge < -0.3 is 0 Å². The topological polar surface area (TPSA) is 109 Å². The highest BCUT2D eigenvalue weighted by Gasteiger charge is 2.59. The summed E-state index contributed by atoms with van der Waals surface area (Å²) in [5, 5.41) is 0. The molecule has 0 N–H and O–H groups in total. The van der Waals surface area contributed by atoms with Crippen LogP contribution in [0.2, 0.25) is 0 Å². The first-order valence-corrected chi connectivity index (χ1v) is 9.03. The van der Waals surface area contributed by atoms with Gasteiger partial charge in [0.15, 0.2) is 0 Å². The lowest BCUT2D eigenvalue weighted by Gasteiger charge is -2.28. The summed E-state index contributed by atoms with van der Waals surface area (Å²) in [6.45, 7) is -7.07. The zero-order valence-corrected chi connectivity index (χ0v) is 14.7. The Kier molecular flexibility index (Phi) is 7.39. The Morgan fingerprint density at radius 3 is 0.867 bits per heavy atom. The van der Waals surface area contributed by atoms with E-state index in [0.717, 1.165) is 0 Å². The molecule has 178 valence electrons. The first-order valence-electron chi connectivity index (χ1n) is 6.15. The lowest BCUT2D eigenvalue weighted by Crippen LogP contribution is -2.57. The maximum Gasteiger partial charge on any atom is 0.516 e. The Balaban J connectivity index is 6.64. The maximum absolute atomic E-state index is 12.4. The molecule has 0 saturated carbocycles. The maximum atomic E-state index is 12.4. The van der Waals surface area contributed by atoms with E-state index >= 15 is 0 Å². The fourth-order valence-electron chi connectivity index (χ4n) is 1.32. The molecule has 0 aromatic rings. The quantitative estimate of drug-likeness (QED) is 0.414. The largest absolute Gasteiger partial charge is 0.516 e. The fraction of sp³-hybridized carbons (Fsp3) is 0.750. The minimum atomic E-state index is -7.52. The zero-order chi connectivity index (χ0) is 24.7. The smallest absolute Gasteiger partial charge is 0.262 e. The van der Waals surface area contributed by atoms with Crippen molar-refractivity contribution >= 4 is 31.9 Å². The molecule has 0 atom stereocenters. The number of alkyl halides is 12. The molecule has 0 aliphatic rings. The van der Waals surface area contributed by atoms with Crippen molar-refractivity contribution in [2.75, 3.05) is 13.1 Å². The molecule has 2 amide bonds. The summed E-state index contributed by atoms with van der Waals surface area (Å²) in [4.78, 5) is 22.9. The van der Waals surface area contributed by atoms with E-state index in [1.54, 1.807) is 0 Å². The molecule has 0 aromatic heterocycles. The van der Waals surface area contributed by atoms with Crippen LogP contribution in [0, 0.1) is 0 Å². The third-order valence-corrected chi connectivity index (χ3v) is 5.37. The molecule has 0 aliphatic carbocycles. The number of nitrogens with zero attached hydrogens (tertiary/aromatic N) is 2. The van der Waals surface area contributed by atoms with Gasteiger partial charge in [-0.15, -0.1) is 0 Å². The predicted octanol–water partition coefficient (Wildman–Crippen LogP) is 1.47. The van der Waals surface area contributed by atoms with Crippen molar-refractivity contribution < 1.29 is 79.1 Å². The van der Waals surface area contributed by atoms with Crippen molar-refractivity contribution in [1.29, 1.82) is 0 Å². The molecule has 8 nitrogen and oxygen atoms in total. The third kappa shape index (κ3) is 6.50. The average Bonchev–Trinajstić information content (AvgIpc) is 2.44. The normalized spacial score (nSPS) is 14.4. The minimum absolute atomic E-state index is 2.45. The lowest BCUT2D eigenvalue weighted by atomic mass is 10.5. The van der Waals surface area contributed by atoms with Crippen LogP contribution in [0.4, 0.5) is 52.7 Å². The predicted molar refractivity (Wildman–Crippen MR) is 65.5 cm³/mol. The van der Waals surface area contributed by atoms with Crippen molar-refractivity contribution in [3.05, 3.63) is 0 Å². The molecule has 22 heteroatoms. The van der Waals surface area contributed by atoms with E-state index in [9.17, 15) is 79.1 Å². The first-order chi connectivity index (χ1) is 12.8. The Morgan fingerprint density at radius 1 is 0.533 bits per heavy atom. The number of halogens is 12. The van der Waals surface area contributed by atoms with E-state index in [0.29, 0.717) is 0 Å². The van der Waals surface area contributed by atoms with Crippen LogP contribution in [0.5, 0.6) is 0 Å². The van der Waals surface area contributed by atoms with Crippen LogP contribution >= 0.6 is 0 Å². The number of rotatable bonds is 4. The average molecular weight is 516 g/mol. The van der Waals surface area contributed by atoms with Gasteiger partial charge in [0.1, 0.15) is 13.1 Å². The zero-order valence-electron chi connectivity index (χ0n) is 13.1. The molecule has 30 heavy (non-hydrogen) atoms. The van der Waals surface area contributed by atoms with Gasteiger partial charge in [-0.1, -0.05) is 0 Å². The summed E-state index contributed by atoms with van der Waals surface area (Å²) in [5.41, 5.74) is -13.6. The Labute approximate surface area is 157 Å². The van der Waals surface area contributed by atoms with Gasteiger partial charge in [-0.3, -0.25) is 9.59 Å². The molecule has 0 unspecified atom stereocenters. The Morgan fingerprint density at radius 2 is 0.733 bits per heavy atom. The number of hydrogen-bond donors (Lipinski definition) is 0. The fourth-order valence-corrected chi connectivity index (χ4v) is 3.05. The molecule has 0 aliphatic heterocycles. The van der Waals surface area contributed by atoms with Crippen molar-refractivity contribution in [3.63, 3.8) is 0 Å². The third-order valence-electron chi connectivity index (χ3n) is 2.45. The van der Waals surface area contributed by atoms with Gasteiger partial charge in [0, 0.05) is 0 Å². The van der Waals surface area contributed by atoms with Crippen molar-refractivity contribution in [3.8, 4) is 0 Å². The van der Waals surface area contributed by atoms with Gasteiger partial charge in [0.25, 0.3) is 0 Å².